The summed E-state index contributed by atoms with van der Waals surface area (Å²) in [5, 5.41) is 4.56. The average Bonchev–Trinajstić information content (AvgIpc) is 3.07. The molecule has 1 aromatic heterocycles. The first-order chi connectivity index (χ1) is 13.1. The Balaban J connectivity index is 0.00000280. The number of aryl methyl sites for hydroxylation is 1. The van der Waals surface area contributed by atoms with Crippen molar-refractivity contribution in [3.05, 3.63) is 35.5 Å². The van der Waals surface area contributed by atoms with Crippen molar-refractivity contribution in [2.24, 2.45) is 10.7 Å². The number of guanidine groups is 1. The van der Waals surface area contributed by atoms with Crippen molar-refractivity contribution in [1.82, 2.24) is 15.2 Å². The fourth-order valence-corrected chi connectivity index (χ4v) is 3.62. The zero-order chi connectivity index (χ0) is 19.2. The first-order valence-electron chi connectivity index (χ1n) is 9.62. The monoisotopic (exact) mass is 499 g/mol. The molecule has 28 heavy (non-hydrogen) atoms. The highest BCUT2D eigenvalue weighted by Gasteiger charge is 2.23. The van der Waals surface area contributed by atoms with E-state index in [1.54, 1.807) is 4.90 Å². The zero-order valence-corrected chi connectivity index (χ0v) is 18.9. The number of aromatic amines is 1. The van der Waals surface area contributed by atoms with Crippen molar-refractivity contribution in [2.75, 3.05) is 26.2 Å². The maximum Gasteiger partial charge on any atom is 0.409 e. The Labute approximate surface area is 183 Å². The van der Waals surface area contributed by atoms with Crippen molar-refractivity contribution in [3.8, 4) is 0 Å². The fraction of sp³-hybridized carbons (Fsp3) is 0.500. The smallest absolute Gasteiger partial charge is 0.409 e. The van der Waals surface area contributed by atoms with Crippen molar-refractivity contribution in [1.29, 1.82) is 0 Å². The molecule has 3 rings (SSSR count). The summed E-state index contributed by atoms with van der Waals surface area (Å²) in [6.07, 6.45) is 4.36. The second-order valence-corrected chi connectivity index (χ2v) is 6.93. The molecule has 2 aromatic rings. The Morgan fingerprint density at radius 2 is 2.14 bits per heavy atom. The number of aliphatic imine (C=N–C) groups is 1. The lowest BCUT2D eigenvalue weighted by Crippen LogP contribution is -2.48. The van der Waals surface area contributed by atoms with Gasteiger partial charge >= 0.3 is 6.09 Å². The van der Waals surface area contributed by atoms with Gasteiger partial charge in [-0.15, -0.1) is 24.0 Å². The van der Waals surface area contributed by atoms with Gasteiger partial charge in [0.2, 0.25) is 0 Å². The summed E-state index contributed by atoms with van der Waals surface area (Å²) < 4.78 is 5.04. The van der Waals surface area contributed by atoms with Gasteiger partial charge in [-0.2, -0.15) is 0 Å². The van der Waals surface area contributed by atoms with Gasteiger partial charge < -0.3 is 25.7 Å². The highest BCUT2D eigenvalue weighted by atomic mass is 127. The minimum absolute atomic E-state index is 0. The fourth-order valence-electron chi connectivity index (χ4n) is 3.62. The second-order valence-electron chi connectivity index (χ2n) is 6.93. The number of benzene rings is 1. The molecule has 1 saturated heterocycles. The van der Waals surface area contributed by atoms with Crippen LogP contribution in [0.2, 0.25) is 0 Å². The number of amides is 1. The van der Waals surface area contributed by atoms with E-state index < -0.39 is 0 Å². The largest absolute Gasteiger partial charge is 0.450 e. The minimum atomic E-state index is -0.230. The molecule has 1 amide bonds. The second kappa shape index (κ2) is 10.5. The molecule has 0 unspecified atom stereocenters. The van der Waals surface area contributed by atoms with E-state index in [0.717, 1.165) is 24.8 Å². The van der Waals surface area contributed by atoms with Gasteiger partial charge in [0.1, 0.15) is 0 Å². The van der Waals surface area contributed by atoms with Crippen LogP contribution in [0.4, 0.5) is 4.79 Å². The summed E-state index contributed by atoms with van der Waals surface area (Å²) in [4.78, 5) is 21.3. The van der Waals surface area contributed by atoms with Gasteiger partial charge in [-0.25, -0.2) is 4.79 Å². The van der Waals surface area contributed by atoms with Crippen LogP contribution < -0.4 is 11.1 Å². The van der Waals surface area contributed by atoms with Crippen LogP contribution in [0, 0.1) is 6.92 Å². The van der Waals surface area contributed by atoms with E-state index in [0.29, 0.717) is 32.2 Å². The van der Waals surface area contributed by atoms with Crippen molar-refractivity contribution in [3.63, 3.8) is 0 Å². The maximum atomic E-state index is 11.7. The highest BCUT2D eigenvalue weighted by molar-refractivity contribution is 14.0. The Hall–Kier alpha value is -1.97. The number of rotatable bonds is 5. The van der Waals surface area contributed by atoms with Crippen LogP contribution >= 0.6 is 24.0 Å². The number of halogens is 1. The van der Waals surface area contributed by atoms with E-state index in [9.17, 15) is 4.79 Å². The standard InChI is InChI=1S/C20H29N5O2.HI/c1-3-27-20(26)25-11-8-16(9-12-25)24-19(21)22-10-7-15-13-23-17-6-4-5-14(2)18(15)17;/h4-6,13,16,23H,3,7-12H2,1-2H3,(H3,21,22,24);1H. The van der Waals surface area contributed by atoms with E-state index >= 15 is 0 Å². The molecule has 8 heteroatoms. The van der Waals surface area contributed by atoms with Crippen LogP contribution in [0.3, 0.4) is 0 Å². The third-order valence-electron chi connectivity index (χ3n) is 5.03. The number of fused-ring (bicyclic) bond motifs is 1. The van der Waals surface area contributed by atoms with Crippen LogP contribution in [0.25, 0.3) is 10.9 Å². The van der Waals surface area contributed by atoms with Crippen LogP contribution in [0.1, 0.15) is 30.9 Å². The van der Waals surface area contributed by atoms with Crippen molar-refractivity contribution >= 4 is 46.9 Å². The normalized spacial score (nSPS) is 15.4. The van der Waals surface area contributed by atoms with Gasteiger partial charge in [0.25, 0.3) is 0 Å². The first kappa shape index (κ1) is 22.3. The highest BCUT2D eigenvalue weighted by Crippen LogP contribution is 2.22. The van der Waals surface area contributed by atoms with Gasteiger partial charge in [-0.3, -0.25) is 4.99 Å². The molecule has 0 radical (unpaired) electrons. The molecule has 1 fully saturated rings. The topological polar surface area (TPSA) is 95.7 Å². The molecule has 1 aliphatic heterocycles. The molecule has 1 aromatic carbocycles. The number of nitrogens with zero attached hydrogens (tertiary/aromatic N) is 2. The number of nitrogens with two attached hydrogens (primary N) is 1. The molecule has 0 bridgehead atoms. The number of piperidine rings is 1. The van der Waals surface area contributed by atoms with Crippen molar-refractivity contribution in [2.45, 2.75) is 39.2 Å². The van der Waals surface area contributed by atoms with Gasteiger partial charge in [-0.05, 0) is 50.3 Å². The number of hydrogen-bond acceptors (Lipinski definition) is 3. The van der Waals surface area contributed by atoms with Crippen LogP contribution in [-0.2, 0) is 11.2 Å². The lowest BCUT2D eigenvalue weighted by molar-refractivity contribution is 0.0963. The molecular weight excluding hydrogens is 469 g/mol. The Morgan fingerprint density at radius 3 is 2.86 bits per heavy atom. The van der Waals surface area contributed by atoms with E-state index in [4.69, 9.17) is 10.5 Å². The molecule has 2 heterocycles. The number of likely N-dealkylation sites (tertiary alicyclic amines) is 1. The number of ether oxygens (including phenoxy) is 1. The predicted molar refractivity (Wildman–Crippen MR) is 123 cm³/mol. The molecule has 0 saturated carbocycles. The van der Waals surface area contributed by atoms with Crippen LogP contribution in [-0.4, -0.2) is 54.2 Å². The molecule has 1 aliphatic rings. The third kappa shape index (κ3) is 5.52. The number of carbonyl (C=O) groups excluding carboxylic acids is 1. The number of nitrogens with one attached hydrogen (secondary N) is 2. The van der Waals surface area contributed by atoms with E-state index in [2.05, 4.69) is 46.6 Å². The Morgan fingerprint density at radius 1 is 1.39 bits per heavy atom. The van der Waals surface area contributed by atoms with Gasteiger partial charge in [-0.1, -0.05) is 12.1 Å². The van der Waals surface area contributed by atoms with E-state index in [-0.39, 0.29) is 36.1 Å². The summed E-state index contributed by atoms with van der Waals surface area (Å²) >= 11 is 0. The average molecular weight is 499 g/mol. The molecule has 154 valence electrons. The first-order valence-corrected chi connectivity index (χ1v) is 9.62. The molecule has 4 N–H and O–H groups in total. The Kier molecular flexibility index (Phi) is 8.40. The number of aromatic nitrogens is 1. The van der Waals surface area contributed by atoms with Gasteiger partial charge in [0.05, 0.1) is 6.61 Å². The summed E-state index contributed by atoms with van der Waals surface area (Å²) in [5.74, 6) is 0.473. The Bertz CT molecular complexity index is 812. The molecule has 0 atom stereocenters. The third-order valence-corrected chi connectivity index (χ3v) is 5.03. The minimum Gasteiger partial charge on any atom is -0.450 e. The van der Waals surface area contributed by atoms with E-state index in [1.165, 1.54) is 16.5 Å². The van der Waals surface area contributed by atoms with Crippen molar-refractivity contribution < 1.29 is 9.53 Å². The molecular formula is C20H30IN5O2. The predicted octanol–water partition coefficient (Wildman–Crippen LogP) is 3.16. The summed E-state index contributed by atoms with van der Waals surface area (Å²) in [7, 11) is 0. The number of carbonyl (C=O) groups is 1. The lowest BCUT2D eigenvalue weighted by Gasteiger charge is -2.31. The van der Waals surface area contributed by atoms with Gasteiger partial charge in [0, 0.05) is 42.8 Å². The number of hydrogen-bond donors (Lipinski definition) is 3. The lowest BCUT2D eigenvalue weighted by atomic mass is 10.1. The van der Waals surface area contributed by atoms with Crippen LogP contribution in [0.5, 0.6) is 0 Å². The molecule has 0 spiro atoms. The summed E-state index contributed by atoms with van der Waals surface area (Å²) in [6.45, 7) is 6.35. The summed E-state index contributed by atoms with van der Waals surface area (Å²) in [5.41, 5.74) is 9.75. The van der Waals surface area contributed by atoms with E-state index in [1.807, 2.05) is 6.92 Å². The van der Waals surface area contributed by atoms with Gasteiger partial charge in [0.15, 0.2) is 5.96 Å². The quantitative estimate of drug-likeness (QED) is 0.335. The maximum absolute atomic E-state index is 11.7. The molecule has 7 nitrogen and oxygen atoms in total. The molecule has 0 aliphatic carbocycles. The summed E-state index contributed by atoms with van der Waals surface area (Å²) in [6, 6.07) is 6.52. The SMILES string of the molecule is CCOC(=O)N1CCC(NC(N)=NCCc2c[nH]c3cccc(C)c23)CC1.I. The zero-order valence-electron chi connectivity index (χ0n) is 16.5. The van der Waals surface area contributed by atoms with Crippen LogP contribution in [0.15, 0.2) is 29.4 Å². The number of H-pyrrole nitrogens is 1.